The predicted octanol–water partition coefficient (Wildman–Crippen LogP) is 8.60. The first-order chi connectivity index (χ1) is 16.2. The lowest BCUT2D eigenvalue weighted by atomic mass is 9.81. The molecule has 0 heterocycles. The maximum atomic E-state index is 2.51. The minimum atomic E-state index is 0.731. The molecule has 3 atom stereocenters. The summed E-state index contributed by atoms with van der Waals surface area (Å²) < 4.78 is 0. The van der Waals surface area contributed by atoms with Crippen molar-refractivity contribution in [2.45, 2.75) is 89.9 Å². The number of hydrogen-bond acceptors (Lipinski definition) is 0. The molecule has 0 radical (unpaired) electrons. The van der Waals surface area contributed by atoms with Gasteiger partial charge in [0.2, 0.25) is 0 Å². The third-order valence-corrected chi connectivity index (χ3v) is 8.64. The van der Waals surface area contributed by atoms with E-state index >= 15 is 0 Å². The zero-order chi connectivity index (χ0) is 22.6. The first-order valence-corrected chi connectivity index (χ1v) is 13.5. The van der Waals surface area contributed by atoms with E-state index in [1.807, 2.05) is 0 Å². The van der Waals surface area contributed by atoms with Crippen molar-refractivity contribution in [1.29, 1.82) is 0 Å². The molecule has 0 aromatic heterocycles. The average Bonchev–Trinajstić information content (AvgIpc) is 3.37. The van der Waals surface area contributed by atoms with Gasteiger partial charge < -0.3 is 0 Å². The van der Waals surface area contributed by atoms with Gasteiger partial charge in [0.05, 0.1) is 0 Å². The first-order valence-electron chi connectivity index (χ1n) is 13.5. The summed E-state index contributed by atoms with van der Waals surface area (Å²) >= 11 is 0. The van der Waals surface area contributed by atoms with Gasteiger partial charge >= 0.3 is 0 Å². The monoisotopic (exact) mass is 436 g/mol. The van der Waals surface area contributed by atoms with Crippen LogP contribution in [0.2, 0.25) is 0 Å². The predicted molar refractivity (Wildman–Crippen MR) is 141 cm³/mol. The molecule has 0 nitrogen and oxygen atoms in total. The highest BCUT2D eigenvalue weighted by atomic mass is 14.3. The fraction of sp³-hybridized carbons (Fsp3) is 0.455. The Hall–Kier alpha value is -2.34. The van der Waals surface area contributed by atoms with Gasteiger partial charge in [-0.1, -0.05) is 80.6 Å². The van der Waals surface area contributed by atoms with E-state index in [0.717, 1.165) is 30.6 Å². The van der Waals surface area contributed by atoms with Crippen LogP contribution in [0.15, 0.2) is 66.7 Å². The van der Waals surface area contributed by atoms with Crippen molar-refractivity contribution >= 4 is 0 Å². The van der Waals surface area contributed by atoms with E-state index < -0.39 is 0 Å². The molecular weight excluding hydrogens is 396 g/mol. The SMILES string of the molecule is CCc1ccc(C2CCC(c3ccc(CCC4CCc5ccccc5C4)cc3)C2)cc1CC. The molecule has 0 heteroatoms. The van der Waals surface area contributed by atoms with E-state index in [1.54, 1.807) is 27.8 Å². The van der Waals surface area contributed by atoms with E-state index in [0.29, 0.717) is 0 Å². The molecule has 1 saturated carbocycles. The summed E-state index contributed by atoms with van der Waals surface area (Å²) in [6, 6.07) is 26.1. The molecule has 0 N–H and O–H groups in total. The standard InChI is InChI=1S/C33H40/c1-3-26-17-18-32(22-27(26)4-2)33-20-19-31(23-33)29-14-11-24(12-15-29)9-10-25-13-16-28-7-5-6-8-30(28)21-25/h5-8,11-12,14-15,17-18,22,25,31,33H,3-4,9-10,13,16,19-21,23H2,1-2H3. The van der Waals surface area contributed by atoms with Crippen LogP contribution in [-0.4, -0.2) is 0 Å². The third kappa shape index (κ3) is 5.11. The van der Waals surface area contributed by atoms with Gasteiger partial charge in [-0.25, -0.2) is 0 Å². The van der Waals surface area contributed by atoms with Crippen LogP contribution in [-0.2, 0) is 32.1 Å². The van der Waals surface area contributed by atoms with Crippen LogP contribution in [0, 0.1) is 5.92 Å². The van der Waals surface area contributed by atoms with E-state index in [2.05, 4.69) is 80.6 Å². The van der Waals surface area contributed by atoms with Crippen LogP contribution in [0.25, 0.3) is 0 Å². The Kier molecular flexibility index (Phi) is 7.00. The van der Waals surface area contributed by atoms with Gasteiger partial charge in [-0.05, 0) is 121 Å². The molecule has 2 aliphatic rings. The van der Waals surface area contributed by atoms with Gasteiger partial charge in [-0.3, -0.25) is 0 Å². The summed E-state index contributed by atoms with van der Waals surface area (Å²) in [5.74, 6) is 2.32. The van der Waals surface area contributed by atoms with Crippen LogP contribution >= 0.6 is 0 Å². The van der Waals surface area contributed by atoms with Gasteiger partial charge in [0, 0.05) is 0 Å². The molecule has 2 aliphatic carbocycles. The summed E-state index contributed by atoms with van der Waals surface area (Å²) in [7, 11) is 0. The second kappa shape index (κ2) is 10.3. The molecule has 0 saturated heterocycles. The maximum absolute atomic E-state index is 2.51. The molecular formula is C33H40. The highest BCUT2D eigenvalue weighted by Gasteiger charge is 2.27. The van der Waals surface area contributed by atoms with Crippen LogP contribution in [0.4, 0.5) is 0 Å². The topological polar surface area (TPSA) is 0 Å². The minimum Gasteiger partial charge on any atom is -0.0620 e. The molecule has 1 fully saturated rings. The molecule has 33 heavy (non-hydrogen) atoms. The second-order valence-electron chi connectivity index (χ2n) is 10.6. The first kappa shape index (κ1) is 22.5. The zero-order valence-electron chi connectivity index (χ0n) is 20.7. The molecule has 172 valence electrons. The van der Waals surface area contributed by atoms with E-state index in [9.17, 15) is 0 Å². The summed E-state index contributed by atoms with van der Waals surface area (Å²) in [6.45, 7) is 4.57. The van der Waals surface area contributed by atoms with Gasteiger partial charge in [-0.2, -0.15) is 0 Å². The Balaban J connectivity index is 1.16. The smallest absolute Gasteiger partial charge is 0.0156 e. The molecule has 0 aliphatic heterocycles. The van der Waals surface area contributed by atoms with Crippen molar-refractivity contribution in [1.82, 2.24) is 0 Å². The van der Waals surface area contributed by atoms with Crippen LogP contribution in [0.1, 0.15) is 96.7 Å². The molecule has 5 rings (SSSR count). The van der Waals surface area contributed by atoms with Crippen LogP contribution < -0.4 is 0 Å². The molecule has 3 unspecified atom stereocenters. The van der Waals surface area contributed by atoms with Gasteiger partial charge in [0.15, 0.2) is 0 Å². The number of benzene rings is 3. The third-order valence-electron chi connectivity index (χ3n) is 8.64. The normalized spacial score (nSPS) is 22.3. The number of hydrogen-bond donors (Lipinski definition) is 0. The quantitative estimate of drug-likeness (QED) is 0.348. The fourth-order valence-electron chi connectivity index (χ4n) is 6.51. The average molecular weight is 437 g/mol. The number of aryl methyl sites for hydroxylation is 4. The Morgan fingerprint density at radius 1 is 0.697 bits per heavy atom. The minimum absolute atomic E-state index is 0.731. The lowest BCUT2D eigenvalue weighted by Crippen LogP contribution is -2.14. The van der Waals surface area contributed by atoms with Gasteiger partial charge in [0.1, 0.15) is 0 Å². The van der Waals surface area contributed by atoms with Crippen molar-refractivity contribution in [2.75, 3.05) is 0 Å². The molecule has 3 aromatic carbocycles. The fourth-order valence-corrected chi connectivity index (χ4v) is 6.51. The molecule has 0 spiro atoms. The van der Waals surface area contributed by atoms with Crippen molar-refractivity contribution in [3.63, 3.8) is 0 Å². The van der Waals surface area contributed by atoms with E-state index in [4.69, 9.17) is 0 Å². The largest absolute Gasteiger partial charge is 0.0620 e. The van der Waals surface area contributed by atoms with Crippen LogP contribution in [0.3, 0.4) is 0 Å². The van der Waals surface area contributed by atoms with Gasteiger partial charge in [-0.15, -0.1) is 0 Å². The number of rotatable bonds is 7. The Labute approximate surface area is 201 Å². The van der Waals surface area contributed by atoms with Crippen molar-refractivity contribution in [3.8, 4) is 0 Å². The van der Waals surface area contributed by atoms with E-state index in [-0.39, 0.29) is 0 Å². The lowest BCUT2D eigenvalue weighted by Gasteiger charge is -2.24. The van der Waals surface area contributed by atoms with E-state index in [1.165, 1.54) is 62.5 Å². The Morgan fingerprint density at radius 2 is 1.39 bits per heavy atom. The molecule has 3 aromatic rings. The lowest BCUT2D eigenvalue weighted by molar-refractivity contribution is 0.427. The van der Waals surface area contributed by atoms with Crippen LogP contribution in [0.5, 0.6) is 0 Å². The number of fused-ring (bicyclic) bond motifs is 1. The summed E-state index contributed by atoms with van der Waals surface area (Å²) in [6.07, 6.45) is 12.7. The summed E-state index contributed by atoms with van der Waals surface area (Å²) in [5.41, 5.74) is 10.9. The van der Waals surface area contributed by atoms with Crippen molar-refractivity contribution in [2.24, 2.45) is 5.92 Å². The zero-order valence-corrected chi connectivity index (χ0v) is 20.7. The molecule has 0 bridgehead atoms. The Bertz CT molecular complexity index is 1060. The molecule has 0 amide bonds. The van der Waals surface area contributed by atoms with Crippen molar-refractivity contribution < 1.29 is 0 Å². The Morgan fingerprint density at radius 3 is 2.15 bits per heavy atom. The summed E-state index contributed by atoms with van der Waals surface area (Å²) in [5, 5.41) is 0. The second-order valence-corrected chi connectivity index (χ2v) is 10.6. The highest BCUT2D eigenvalue weighted by Crippen LogP contribution is 2.44. The maximum Gasteiger partial charge on any atom is -0.0156 e. The van der Waals surface area contributed by atoms with Crippen molar-refractivity contribution in [3.05, 3.63) is 106 Å². The summed E-state index contributed by atoms with van der Waals surface area (Å²) in [4.78, 5) is 0. The highest BCUT2D eigenvalue weighted by molar-refractivity contribution is 5.36. The van der Waals surface area contributed by atoms with Gasteiger partial charge in [0.25, 0.3) is 0 Å².